The van der Waals surface area contributed by atoms with Gasteiger partial charge in [-0.3, -0.25) is 0 Å². The molecule has 0 spiro atoms. The molecule has 4 nitrogen and oxygen atoms in total. The van der Waals surface area contributed by atoms with Crippen LogP contribution in [0.1, 0.15) is 20.3 Å². The highest BCUT2D eigenvalue weighted by atomic mass is 79.9. The summed E-state index contributed by atoms with van der Waals surface area (Å²) in [5.41, 5.74) is 0. The van der Waals surface area contributed by atoms with Gasteiger partial charge in [0.1, 0.15) is 0 Å². The zero-order valence-electron chi connectivity index (χ0n) is 9.33. The first kappa shape index (κ1) is 15.3. The van der Waals surface area contributed by atoms with Crippen molar-refractivity contribution in [3.05, 3.63) is 0 Å². The van der Waals surface area contributed by atoms with Crippen molar-refractivity contribution in [2.24, 2.45) is 5.92 Å². The highest BCUT2D eigenvalue weighted by Gasteiger charge is 2.11. The summed E-state index contributed by atoms with van der Waals surface area (Å²) < 4.78 is 30.4. The van der Waals surface area contributed by atoms with Crippen LogP contribution in [0, 0.1) is 5.92 Å². The number of rotatable bonds is 9. The molecule has 1 unspecified atom stereocenters. The molecule has 0 aromatic heterocycles. The molecule has 0 heterocycles. The van der Waals surface area contributed by atoms with Gasteiger partial charge in [-0.2, -0.15) is 0 Å². The lowest BCUT2D eigenvalue weighted by Crippen LogP contribution is -2.32. The van der Waals surface area contributed by atoms with E-state index in [0.717, 1.165) is 11.8 Å². The summed E-state index contributed by atoms with van der Waals surface area (Å²) in [6.45, 7) is 5.18. The molecular formula is C9H20BrNO3S. The van der Waals surface area contributed by atoms with Crippen LogP contribution in [0.25, 0.3) is 0 Å². The molecule has 0 radical (unpaired) electrons. The Labute approximate surface area is 101 Å². The number of nitrogens with one attached hydrogen (secondary N) is 1. The molecule has 0 fully saturated rings. The van der Waals surface area contributed by atoms with Gasteiger partial charge in [0, 0.05) is 18.5 Å². The maximum Gasteiger partial charge on any atom is 0.213 e. The van der Waals surface area contributed by atoms with E-state index in [-0.39, 0.29) is 12.4 Å². The van der Waals surface area contributed by atoms with Crippen molar-refractivity contribution in [3.63, 3.8) is 0 Å². The van der Waals surface area contributed by atoms with Crippen molar-refractivity contribution >= 4 is 26.0 Å². The summed E-state index contributed by atoms with van der Waals surface area (Å²) in [5.74, 6) is 0.397. The van der Waals surface area contributed by atoms with E-state index in [1.54, 1.807) is 0 Å². The minimum Gasteiger partial charge on any atom is -0.381 e. The Bertz CT molecular complexity index is 244. The van der Waals surface area contributed by atoms with E-state index in [0.29, 0.717) is 19.1 Å². The zero-order valence-corrected chi connectivity index (χ0v) is 11.7. The second-order valence-corrected chi connectivity index (χ2v) is 6.17. The lowest BCUT2D eigenvalue weighted by Gasteiger charge is -2.11. The molecule has 0 rings (SSSR count). The Hall–Kier alpha value is 0.350. The van der Waals surface area contributed by atoms with Crippen molar-refractivity contribution in [1.29, 1.82) is 0 Å². The number of alkyl halides is 1. The van der Waals surface area contributed by atoms with E-state index < -0.39 is 10.0 Å². The summed E-state index contributed by atoms with van der Waals surface area (Å²) in [4.78, 5) is 0. The molecule has 1 N–H and O–H groups in total. The molecule has 0 aliphatic rings. The molecule has 0 saturated carbocycles. The number of sulfonamides is 1. The van der Waals surface area contributed by atoms with Crippen LogP contribution in [0.15, 0.2) is 0 Å². The van der Waals surface area contributed by atoms with Crippen LogP contribution >= 0.6 is 15.9 Å². The van der Waals surface area contributed by atoms with E-state index in [4.69, 9.17) is 4.74 Å². The Morgan fingerprint density at radius 1 is 1.47 bits per heavy atom. The van der Waals surface area contributed by atoms with Gasteiger partial charge in [0.05, 0.1) is 12.4 Å². The third kappa shape index (κ3) is 9.29. The van der Waals surface area contributed by atoms with Gasteiger partial charge in [-0.25, -0.2) is 13.1 Å². The lowest BCUT2D eigenvalue weighted by molar-refractivity contribution is 0.163. The summed E-state index contributed by atoms with van der Waals surface area (Å²) in [6.07, 6.45) is 0.966. The SMILES string of the molecule is CCOCCS(=O)(=O)NCC(C)CCBr. The molecule has 0 saturated heterocycles. The van der Waals surface area contributed by atoms with Crippen LogP contribution < -0.4 is 4.72 Å². The molecule has 0 aromatic rings. The topological polar surface area (TPSA) is 55.4 Å². The number of hydrogen-bond acceptors (Lipinski definition) is 3. The van der Waals surface area contributed by atoms with Gasteiger partial charge in [-0.05, 0) is 19.3 Å². The standard InChI is InChI=1S/C9H20BrNO3S/c1-3-14-6-7-15(12,13)11-8-9(2)4-5-10/h9,11H,3-8H2,1-2H3. The van der Waals surface area contributed by atoms with Crippen LogP contribution in [-0.2, 0) is 14.8 Å². The second-order valence-electron chi connectivity index (χ2n) is 3.45. The minimum absolute atomic E-state index is 0.0435. The summed E-state index contributed by atoms with van der Waals surface area (Å²) >= 11 is 3.32. The highest BCUT2D eigenvalue weighted by Crippen LogP contribution is 2.03. The quantitative estimate of drug-likeness (QED) is 0.517. The van der Waals surface area contributed by atoms with Crippen LogP contribution in [0.2, 0.25) is 0 Å². The molecule has 0 aliphatic carbocycles. The van der Waals surface area contributed by atoms with E-state index in [1.807, 2.05) is 13.8 Å². The van der Waals surface area contributed by atoms with Crippen molar-refractivity contribution in [3.8, 4) is 0 Å². The zero-order chi connectivity index (χ0) is 11.7. The largest absolute Gasteiger partial charge is 0.381 e. The second kappa shape index (κ2) is 8.50. The summed E-state index contributed by atoms with van der Waals surface area (Å²) in [5, 5.41) is 0.898. The maximum absolute atomic E-state index is 11.4. The van der Waals surface area contributed by atoms with Gasteiger partial charge < -0.3 is 4.74 Å². The maximum atomic E-state index is 11.4. The minimum atomic E-state index is -3.16. The van der Waals surface area contributed by atoms with Crippen LogP contribution in [-0.4, -0.2) is 39.3 Å². The molecule has 0 aliphatic heterocycles. The Balaban J connectivity index is 3.73. The fourth-order valence-corrected chi connectivity index (χ4v) is 2.74. The average Bonchev–Trinajstić information content (AvgIpc) is 2.16. The van der Waals surface area contributed by atoms with Crippen molar-refractivity contribution in [1.82, 2.24) is 4.72 Å². The normalized spacial score (nSPS) is 14.1. The molecule has 92 valence electrons. The molecule has 15 heavy (non-hydrogen) atoms. The van der Waals surface area contributed by atoms with E-state index in [9.17, 15) is 8.42 Å². The number of ether oxygens (including phenoxy) is 1. The lowest BCUT2D eigenvalue weighted by atomic mass is 10.1. The van der Waals surface area contributed by atoms with Crippen LogP contribution in [0.3, 0.4) is 0 Å². The Kier molecular flexibility index (Phi) is 8.69. The fraction of sp³-hybridized carbons (Fsp3) is 1.00. The van der Waals surface area contributed by atoms with Crippen molar-refractivity contribution in [2.45, 2.75) is 20.3 Å². The van der Waals surface area contributed by atoms with Crippen molar-refractivity contribution in [2.75, 3.05) is 30.8 Å². The highest BCUT2D eigenvalue weighted by molar-refractivity contribution is 9.09. The van der Waals surface area contributed by atoms with E-state index in [1.165, 1.54) is 0 Å². The monoisotopic (exact) mass is 301 g/mol. The Morgan fingerprint density at radius 2 is 2.13 bits per heavy atom. The molecule has 6 heteroatoms. The molecule has 0 aromatic carbocycles. The average molecular weight is 302 g/mol. The molecule has 1 atom stereocenters. The van der Waals surface area contributed by atoms with Gasteiger partial charge in [-0.15, -0.1) is 0 Å². The summed E-state index contributed by atoms with van der Waals surface area (Å²) in [7, 11) is -3.16. The molecular weight excluding hydrogens is 282 g/mol. The molecule has 0 amide bonds. The van der Waals surface area contributed by atoms with Crippen molar-refractivity contribution < 1.29 is 13.2 Å². The third-order valence-corrected chi connectivity index (χ3v) is 3.72. The van der Waals surface area contributed by atoms with Crippen LogP contribution in [0.5, 0.6) is 0 Å². The summed E-state index contributed by atoms with van der Waals surface area (Å²) in [6, 6.07) is 0. The first-order valence-electron chi connectivity index (χ1n) is 5.13. The molecule has 0 bridgehead atoms. The Morgan fingerprint density at radius 3 is 2.67 bits per heavy atom. The first-order chi connectivity index (χ1) is 7.02. The smallest absolute Gasteiger partial charge is 0.213 e. The third-order valence-electron chi connectivity index (χ3n) is 1.95. The van der Waals surface area contributed by atoms with Gasteiger partial charge in [0.2, 0.25) is 10.0 Å². The van der Waals surface area contributed by atoms with E-state index in [2.05, 4.69) is 20.7 Å². The van der Waals surface area contributed by atoms with E-state index >= 15 is 0 Å². The fourth-order valence-electron chi connectivity index (χ4n) is 0.943. The van der Waals surface area contributed by atoms with Crippen LogP contribution in [0.4, 0.5) is 0 Å². The number of halogens is 1. The van der Waals surface area contributed by atoms with Gasteiger partial charge in [0.25, 0.3) is 0 Å². The number of hydrogen-bond donors (Lipinski definition) is 1. The van der Waals surface area contributed by atoms with Gasteiger partial charge in [-0.1, -0.05) is 22.9 Å². The predicted molar refractivity (Wildman–Crippen MR) is 65.9 cm³/mol. The first-order valence-corrected chi connectivity index (χ1v) is 7.90. The predicted octanol–water partition coefficient (Wildman–Crippen LogP) is 1.36. The van der Waals surface area contributed by atoms with Gasteiger partial charge in [0.15, 0.2) is 0 Å². The van der Waals surface area contributed by atoms with Gasteiger partial charge >= 0.3 is 0 Å².